The zero-order valence-corrected chi connectivity index (χ0v) is 23.1. The van der Waals surface area contributed by atoms with Crippen LogP contribution in [0, 0.1) is 10.1 Å². The number of rotatable bonds is 27. The van der Waals surface area contributed by atoms with Crippen LogP contribution in [0.1, 0.15) is 71.1 Å². The number of hydrogen-bond acceptors (Lipinski definition) is 9. The fourth-order valence-corrected chi connectivity index (χ4v) is 3.51. The van der Waals surface area contributed by atoms with E-state index in [9.17, 15) is 14.9 Å². The maximum atomic E-state index is 11.7. The van der Waals surface area contributed by atoms with Crippen LogP contribution in [0.2, 0.25) is 0 Å². The third kappa shape index (κ3) is 20.7. The van der Waals surface area contributed by atoms with Crippen LogP contribution in [0.5, 0.6) is 5.75 Å². The van der Waals surface area contributed by atoms with Gasteiger partial charge in [-0.25, -0.2) is 0 Å². The van der Waals surface area contributed by atoms with Crippen LogP contribution in [-0.4, -0.2) is 77.0 Å². The lowest BCUT2D eigenvalue weighted by Crippen LogP contribution is -2.15. The molecule has 0 spiro atoms. The van der Waals surface area contributed by atoms with E-state index in [1.54, 1.807) is 12.1 Å². The number of nitro benzene ring substituents is 1. The SMILES string of the molecule is CCCCCCCCCCCC(=O)OCCOCCOCCOCCOCCOc1ccc([N+](=O)[O-])cc1. The molecule has 0 radical (unpaired) electrons. The zero-order chi connectivity index (χ0) is 27.5. The summed E-state index contributed by atoms with van der Waals surface area (Å²) in [6.07, 6.45) is 11.5. The van der Waals surface area contributed by atoms with Crippen molar-refractivity contribution in [2.45, 2.75) is 71.1 Å². The highest BCUT2D eigenvalue weighted by atomic mass is 16.6. The Hall–Kier alpha value is -2.27. The first-order chi connectivity index (χ1) is 18.6. The second-order valence-electron chi connectivity index (χ2n) is 8.85. The molecule has 0 saturated carbocycles. The largest absolute Gasteiger partial charge is 0.491 e. The van der Waals surface area contributed by atoms with E-state index in [-0.39, 0.29) is 18.3 Å². The minimum atomic E-state index is -0.452. The van der Waals surface area contributed by atoms with Gasteiger partial charge in [0.2, 0.25) is 0 Å². The third-order valence-electron chi connectivity index (χ3n) is 5.64. The molecule has 1 aromatic carbocycles. The molecule has 0 N–H and O–H groups in total. The van der Waals surface area contributed by atoms with Gasteiger partial charge in [-0.2, -0.15) is 0 Å². The van der Waals surface area contributed by atoms with E-state index in [0.717, 1.165) is 12.8 Å². The van der Waals surface area contributed by atoms with Gasteiger partial charge in [-0.15, -0.1) is 0 Å². The number of esters is 1. The van der Waals surface area contributed by atoms with Crippen LogP contribution in [0.3, 0.4) is 0 Å². The summed E-state index contributed by atoms with van der Waals surface area (Å²) in [6.45, 7) is 6.30. The molecule has 10 nitrogen and oxygen atoms in total. The molecule has 218 valence electrons. The number of ether oxygens (including phenoxy) is 6. The van der Waals surface area contributed by atoms with Crippen molar-refractivity contribution in [3.05, 3.63) is 34.4 Å². The topological polar surface area (TPSA) is 116 Å². The minimum Gasteiger partial charge on any atom is -0.491 e. The van der Waals surface area contributed by atoms with Crippen LogP contribution in [0.4, 0.5) is 5.69 Å². The average molecular weight is 542 g/mol. The molecule has 0 heterocycles. The van der Waals surface area contributed by atoms with Gasteiger partial charge in [0.05, 0.1) is 57.8 Å². The van der Waals surface area contributed by atoms with E-state index >= 15 is 0 Å². The molecule has 38 heavy (non-hydrogen) atoms. The molecule has 0 saturated heterocycles. The number of non-ortho nitro benzene ring substituents is 1. The molecule has 0 fully saturated rings. The van der Waals surface area contributed by atoms with E-state index in [1.807, 2.05) is 0 Å². The molecule has 0 unspecified atom stereocenters. The second-order valence-corrected chi connectivity index (χ2v) is 8.85. The first-order valence-electron chi connectivity index (χ1n) is 14.0. The molecule has 0 aromatic heterocycles. The first-order valence-corrected chi connectivity index (χ1v) is 14.0. The number of nitrogens with zero attached hydrogens (tertiary/aromatic N) is 1. The molecular weight excluding hydrogens is 494 g/mol. The van der Waals surface area contributed by atoms with E-state index in [2.05, 4.69) is 6.92 Å². The molecule has 0 aliphatic rings. The summed E-state index contributed by atoms with van der Waals surface area (Å²) in [5, 5.41) is 10.6. The van der Waals surface area contributed by atoms with Crippen LogP contribution in [0.25, 0.3) is 0 Å². The summed E-state index contributed by atoms with van der Waals surface area (Å²) in [7, 11) is 0. The standard InChI is InChI=1S/C28H47NO9/c1-2-3-4-5-6-7-8-9-10-11-28(30)38-25-23-36-21-19-34-17-16-33-18-20-35-22-24-37-27-14-12-26(13-15-27)29(31)32/h12-15H,2-11,16-25H2,1H3. The van der Waals surface area contributed by atoms with Crippen LogP contribution >= 0.6 is 0 Å². The van der Waals surface area contributed by atoms with Crippen molar-refractivity contribution in [1.82, 2.24) is 0 Å². The Morgan fingerprint density at radius 3 is 1.61 bits per heavy atom. The number of nitro groups is 1. The summed E-state index contributed by atoms with van der Waals surface area (Å²) in [4.78, 5) is 21.9. The van der Waals surface area contributed by atoms with Gasteiger partial charge in [0, 0.05) is 18.6 Å². The number of unbranched alkanes of at least 4 members (excludes halogenated alkanes) is 8. The van der Waals surface area contributed by atoms with Gasteiger partial charge < -0.3 is 28.4 Å². The Morgan fingerprint density at radius 1 is 0.658 bits per heavy atom. The monoisotopic (exact) mass is 541 g/mol. The van der Waals surface area contributed by atoms with Crippen molar-refractivity contribution in [2.75, 3.05) is 66.1 Å². The summed E-state index contributed by atoms with van der Waals surface area (Å²) >= 11 is 0. The molecule has 1 aromatic rings. The highest BCUT2D eigenvalue weighted by Crippen LogP contribution is 2.17. The predicted octanol–water partition coefficient (Wildman–Crippen LogP) is 5.50. The van der Waals surface area contributed by atoms with Gasteiger partial charge in [-0.05, 0) is 18.6 Å². The summed E-state index contributed by atoms with van der Waals surface area (Å²) in [6, 6.07) is 5.91. The van der Waals surface area contributed by atoms with Gasteiger partial charge in [0.1, 0.15) is 19.0 Å². The van der Waals surface area contributed by atoms with Gasteiger partial charge in [-0.1, -0.05) is 58.3 Å². The maximum Gasteiger partial charge on any atom is 0.305 e. The van der Waals surface area contributed by atoms with Crippen molar-refractivity contribution in [2.24, 2.45) is 0 Å². The van der Waals surface area contributed by atoms with Crippen LogP contribution < -0.4 is 4.74 Å². The smallest absolute Gasteiger partial charge is 0.305 e. The Kier molecular flexibility index (Phi) is 22.2. The summed E-state index contributed by atoms with van der Waals surface area (Å²) in [5.41, 5.74) is 0.0274. The number of benzene rings is 1. The predicted molar refractivity (Wildman–Crippen MR) is 145 cm³/mol. The van der Waals surface area contributed by atoms with Gasteiger partial charge >= 0.3 is 5.97 Å². The summed E-state index contributed by atoms with van der Waals surface area (Å²) in [5.74, 6) is 0.410. The van der Waals surface area contributed by atoms with Crippen LogP contribution in [-0.2, 0) is 28.5 Å². The normalized spacial score (nSPS) is 11.0. The number of hydrogen-bond donors (Lipinski definition) is 0. The van der Waals surface area contributed by atoms with E-state index < -0.39 is 4.92 Å². The molecule has 0 bridgehead atoms. The fraction of sp³-hybridized carbons (Fsp3) is 0.750. The molecule has 0 atom stereocenters. The number of carbonyl (C=O) groups excluding carboxylic acids is 1. The van der Waals surface area contributed by atoms with Crippen molar-refractivity contribution >= 4 is 11.7 Å². The molecule has 10 heteroatoms. The lowest BCUT2D eigenvalue weighted by atomic mass is 10.1. The van der Waals surface area contributed by atoms with Crippen molar-refractivity contribution < 1.29 is 38.1 Å². The third-order valence-corrected chi connectivity index (χ3v) is 5.64. The van der Waals surface area contributed by atoms with Gasteiger partial charge in [0.25, 0.3) is 5.69 Å². The number of carbonyl (C=O) groups is 1. The summed E-state index contributed by atoms with van der Waals surface area (Å²) < 4.78 is 32.3. The molecule has 0 aliphatic heterocycles. The molecule has 1 rings (SSSR count). The highest BCUT2D eigenvalue weighted by Gasteiger charge is 2.04. The quantitative estimate of drug-likeness (QED) is 0.0616. The molecular formula is C28H47NO9. The van der Waals surface area contributed by atoms with Crippen molar-refractivity contribution in [3.63, 3.8) is 0 Å². The minimum absolute atomic E-state index is 0.0274. The van der Waals surface area contributed by atoms with Gasteiger partial charge in [0.15, 0.2) is 0 Å². The lowest BCUT2D eigenvalue weighted by Gasteiger charge is -2.09. The molecule has 0 amide bonds. The van der Waals surface area contributed by atoms with E-state index in [0.29, 0.717) is 71.6 Å². The van der Waals surface area contributed by atoms with E-state index in [4.69, 9.17) is 28.4 Å². The van der Waals surface area contributed by atoms with Gasteiger partial charge in [-0.3, -0.25) is 14.9 Å². The van der Waals surface area contributed by atoms with E-state index in [1.165, 1.54) is 57.1 Å². The Balaban J connectivity index is 1.74. The first kappa shape index (κ1) is 33.8. The van der Waals surface area contributed by atoms with Crippen LogP contribution in [0.15, 0.2) is 24.3 Å². The van der Waals surface area contributed by atoms with Crippen molar-refractivity contribution in [3.8, 4) is 5.75 Å². The maximum absolute atomic E-state index is 11.7. The fourth-order valence-electron chi connectivity index (χ4n) is 3.51. The lowest BCUT2D eigenvalue weighted by molar-refractivity contribution is -0.384. The Bertz CT molecular complexity index is 700. The second kappa shape index (κ2) is 25.0. The highest BCUT2D eigenvalue weighted by molar-refractivity contribution is 5.69. The molecule has 0 aliphatic carbocycles. The Morgan fingerprint density at radius 2 is 1.11 bits per heavy atom. The van der Waals surface area contributed by atoms with Crippen molar-refractivity contribution in [1.29, 1.82) is 0 Å². The zero-order valence-electron chi connectivity index (χ0n) is 23.1. The average Bonchev–Trinajstić information content (AvgIpc) is 2.92. The Labute approximate surface area is 227 Å².